The van der Waals surface area contributed by atoms with Gasteiger partial charge in [0.1, 0.15) is 5.75 Å². The van der Waals surface area contributed by atoms with Gasteiger partial charge in [0.05, 0.1) is 0 Å². The molecule has 0 aliphatic heterocycles. The van der Waals surface area contributed by atoms with Crippen molar-refractivity contribution in [2.45, 2.75) is 6.18 Å². The molecule has 0 fully saturated rings. The molecule has 0 aliphatic carbocycles. The molecule has 0 radical (unpaired) electrons. The molecule has 0 aromatic heterocycles. The van der Waals surface area contributed by atoms with Crippen LogP contribution in [0.3, 0.4) is 0 Å². The van der Waals surface area contributed by atoms with Crippen molar-refractivity contribution in [3.05, 3.63) is 24.3 Å². The summed E-state index contributed by atoms with van der Waals surface area (Å²) in [4.78, 5) is 10.9. The van der Waals surface area contributed by atoms with Gasteiger partial charge in [0, 0.05) is 5.69 Å². The van der Waals surface area contributed by atoms with E-state index in [9.17, 15) is 18.0 Å². The lowest BCUT2D eigenvalue weighted by molar-refractivity contribution is -0.187. The van der Waals surface area contributed by atoms with Crippen LogP contribution in [0.15, 0.2) is 24.3 Å². The van der Waals surface area contributed by atoms with Gasteiger partial charge < -0.3 is 15.2 Å². The van der Waals surface area contributed by atoms with Crippen molar-refractivity contribution in [2.75, 3.05) is 18.9 Å². The Bertz CT molecular complexity index is 375. The van der Waals surface area contributed by atoms with E-state index in [1.165, 1.54) is 24.3 Å². The first-order valence-electron chi connectivity index (χ1n) is 4.57. The second kappa shape index (κ2) is 5.42. The molecule has 0 unspecified atom stereocenters. The van der Waals surface area contributed by atoms with E-state index >= 15 is 0 Å². The van der Waals surface area contributed by atoms with Crippen molar-refractivity contribution in [2.24, 2.45) is 0 Å². The summed E-state index contributed by atoms with van der Waals surface area (Å²) in [5.41, 5.74) is 5.92. The smallest absolute Gasteiger partial charge is 0.422 e. The third-order valence-electron chi connectivity index (χ3n) is 1.63. The number of halogens is 3. The lowest BCUT2D eigenvalue weighted by atomic mass is 10.3. The van der Waals surface area contributed by atoms with Gasteiger partial charge in [-0.2, -0.15) is 13.2 Å². The predicted molar refractivity (Wildman–Crippen MR) is 53.4 cm³/mol. The number of nitrogen functional groups attached to an aromatic ring is 1. The van der Waals surface area contributed by atoms with Crippen LogP contribution in [0.2, 0.25) is 0 Å². The van der Waals surface area contributed by atoms with Crippen molar-refractivity contribution in [3.63, 3.8) is 0 Å². The Hall–Kier alpha value is -1.92. The summed E-state index contributed by atoms with van der Waals surface area (Å²) in [5.74, 6) is -0.762. The molecule has 0 saturated heterocycles. The first-order chi connectivity index (χ1) is 7.87. The minimum absolute atomic E-state index is 0.322. The van der Waals surface area contributed by atoms with Crippen LogP contribution in [0.5, 0.6) is 5.75 Å². The zero-order valence-electron chi connectivity index (χ0n) is 8.66. The molecule has 1 rings (SSSR count). The number of carbonyl (C=O) groups excluding carboxylic acids is 1. The number of hydrogen-bond acceptors (Lipinski definition) is 4. The Morgan fingerprint density at radius 1 is 1.24 bits per heavy atom. The Morgan fingerprint density at radius 2 is 1.82 bits per heavy atom. The summed E-state index contributed by atoms with van der Waals surface area (Å²) in [6.45, 7) is -2.20. The highest BCUT2D eigenvalue weighted by Crippen LogP contribution is 2.15. The van der Waals surface area contributed by atoms with Crippen LogP contribution in [-0.2, 0) is 9.53 Å². The van der Waals surface area contributed by atoms with Gasteiger partial charge in [-0.05, 0) is 24.3 Å². The van der Waals surface area contributed by atoms with E-state index in [4.69, 9.17) is 10.5 Å². The minimum atomic E-state index is -4.53. The van der Waals surface area contributed by atoms with Crippen LogP contribution in [-0.4, -0.2) is 25.4 Å². The minimum Gasteiger partial charge on any atom is -0.482 e. The summed E-state index contributed by atoms with van der Waals surface area (Å²) < 4.78 is 43.9. The fourth-order valence-electron chi connectivity index (χ4n) is 0.910. The molecule has 4 nitrogen and oxygen atoms in total. The van der Waals surface area contributed by atoms with Crippen molar-refractivity contribution < 1.29 is 27.4 Å². The second-order valence-corrected chi connectivity index (χ2v) is 3.13. The highest BCUT2D eigenvalue weighted by Gasteiger charge is 2.29. The third-order valence-corrected chi connectivity index (χ3v) is 1.63. The van der Waals surface area contributed by atoms with Gasteiger partial charge in [0.15, 0.2) is 13.2 Å². The van der Waals surface area contributed by atoms with E-state index in [2.05, 4.69) is 4.74 Å². The third kappa shape index (κ3) is 5.64. The summed E-state index contributed by atoms with van der Waals surface area (Å²) >= 11 is 0. The fraction of sp³-hybridized carbons (Fsp3) is 0.300. The van der Waals surface area contributed by atoms with Crippen molar-refractivity contribution in [3.8, 4) is 5.75 Å². The SMILES string of the molecule is Nc1ccc(OCC(=O)OCC(F)(F)F)cc1. The molecule has 0 bridgehead atoms. The summed E-state index contributed by atoms with van der Waals surface area (Å²) in [5, 5.41) is 0. The zero-order chi connectivity index (χ0) is 12.9. The van der Waals surface area contributed by atoms with Crippen LogP contribution in [0.25, 0.3) is 0 Å². The molecular formula is C10H10F3NO3. The maximum atomic E-state index is 11.7. The molecule has 1 aromatic rings. The first-order valence-corrected chi connectivity index (χ1v) is 4.57. The fourth-order valence-corrected chi connectivity index (χ4v) is 0.910. The molecule has 0 aliphatic rings. The molecular weight excluding hydrogens is 239 g/mol. The molecule has 94 valence electrons. The van der Waals surface area contributed by atoms with Crippen LogP contribution in [0.4, 0.5) is 18.9 Å². The quantitative estimate of drug-likeness (QED) is 0.652. The van der Waals surface area contributed by atoms with E-state index < -0.39 is 25.4 Å². The maximum absolute atomic E-state index is 11.7. The van der Waals surface area contributed by atoms with Crippen molar-refractivity contribution in [1.82, 2.24) is 0 Å². The van der Waals surface area contributed by atoms with E-state index in [-0.39, 0.29) is 0 Å². The van der Waals surface area contributed by atoms with Gasteiger partial charge in [-0.25, -0.2) is 4.79 Å². The summed E-state index contributed by atoms with van der Waals surface area (Å²) in [6, 6.07) is 6.06. The van der Waals surface area contributed by atoms with Crippen LogP contribution >= 0.6 is 0 Å². The molecule has 0 spiro atoms. The van der Waals surface area contributed by atoms with E-state index in [1.807, 2.05) is 0 Å². The number of anilines is 1. The average Bonchev–Trinajstić information content (AvgIpc) is 2.25. The van der Waals surface area contributed by atoms with Gasteiger partial charge in [-0.1, -0.05) is 0 Å². The molecule has 1 aromatic carbocycles. The predicted octanol–water partition coefficient (Wildman–Crippen LogP) is 1.75. The monoisotopic (exact) mass is 249 g/mol. The Balaban J connectivity index is 2.31. The second-order valence-electron chi connectivity index (χ2n) is 3.13. The van der Waals surface area contributed by atoms with E-state index in [0.717, 1.165) is 0 Å². The Kier molecular flexibility index (Phi) is 4.19. The standard InChI is InChI=1S/C10H10F3NO3/c11-10(12,13)6-17-9(15)5-16-8-3-1-7(14)2-4-8/h1-4H,5-6,14H2. The number of ether oxygens (including phenoxy) is 2. The van der Waals surface area contributed by atoms with Gasteiger partial charge in [-0.3, -0.25) is 0 Å². The summed E-state index contributed by atoms with van der Waals surface area (Å²) in [6.07, 6.45) is -4.53. The molecule has 2 N–H and O–H groups in total. The number of esters is 1. The largest absolute Gasteiger partial charge is 0.482 e. The number of nitrogens with two attached hydrogens (primary N) is 1. The summed E-state index contributed by atoms with van der Waals surface area (Å²) in [7, 11) is 0. The normalized spacial score (nSPS) is 11.0. The van der Waals surface area contributed by atoms with Gasteiger partial charge in [0.2, 0.25) is 0 Å². The number of rotatable bonds is 4. The molecule has 0 amide bonds. The number of benzene rings is 1. The molecule has 0 atom stereocenters. The van der Waals surface area contributed by atoms with Gasteiger partial charge in [-0.15, -0.1) is 0 Å². The lowest BCUT2D eigenvalue weighted by Gasteiger charge is -2.08. The Labute approximate surface area is 95.1 Å². The topological polar surface area (TPSA) is 61.5 Å². The zero-order valence-corrected chi connectivity index (χ0v) is 8.66. The highest BCUT2D eigenvalue weighted by atomic mass is 19.4. The van der Waals surface area contributed by atoms with Crippen molar-refractivity contribution >= 4 is 11.7 Å². The highest BCUT2D eigenvalue weighted by molar-refractivity contribution is 5.71. The number of carbonyl (C=O) groups is 1. The van der Waals surface area contributed by atoms with Gasteiger partial charge in [0.25, 0.3) is 0 Å². The Morgan fingerprint density at radius 3 is 2.35 bits per heavy atom. The lowest BCUT2D eigenvalue weighted by Crippen LogP contribution is -2.23. The maximum Gasteiger partial charge on any atom is 0.422 e. The van der Waals surface area contributed by atoms with Gasteiger partial charge >= 0.3 is 12.1 Å². The number of alkyl halides is 3. The van der Waals surface area contributed by atoms with Crippen LogP contribution < -0.4 is 10.5 Å². The molecule has 17 heavy (non-hydrogen) atoms. The molecule has 7 heteroatoms. The van der Waals surface area contributed by atoms with E-state index in [0.29, 0.717) is 11.4 Å². The molecule has 0 saturated carbocycles. The van der Waals surface area contributed by atoms with Crippen molar-refractivity contribution in [1.29, 1.82) is 0 Å². The number of hydrogen-bond donors (Lipinski definition) is 1. The average molecular weight is 249 g/mol. The van der Waals surface area contributed by atoms with Crippen LogP contribution in [0, 0.1) is 0 Å². The van der Waals surface area contributed by atoms with Crippen LogP contribution in [0.1, 0.15) is 0 Å². The first kappa shape index (κ1) is 13.1. The van der Waals surface area contributed by atoms with E-state index in [1.54, 1.807) is 0 Å². The molecule has 0 heterocycles.